The standard InChI is InChI=1S/C26H28F2N4O3/c1-17-15-31(16-30-17)24-6-5-18(11-25(24)34-2)10-19-4-3-8-32(26(19)33)23(7-9-35-29)20-12-21(27)14-22(28)13-20/h5-6,10-16,23H,3-4,7-9,29H2,1-2H3. The van der Waals surface area contributed by atoms with Crippen molar-refractivity contribution in [3.05, 3.63) is 83.0 Å². The first kappa shape index (κ1) is 24.6. The van der Waals surface area contributed by atoms with Crippen LogP contribution in [0.25, 0.3) is 11.8 Å². The number of likely N-dealkylation sites (tertiary alicyclic amines) is 1. The van der Waals surface area contributed by atoms with Crippen molar-refractivity contribution >= 4 is 12.0 Å². The molecule has 0 saturated carbocycles. The van der Waals surface area contributed by atoms with Crippen molar-refractivity contribution in [2.24, 2.45) is 5.90 Å². The lowest BCUT2D eigenvalue weighted by atomic mass is 9.95. The average Bonchev–Trinajstić information content (AvgIpc) is 3.26. The fourth-order valence-electron chi connectivity index (χ4n) is 4.47. The molecule has 7 nitrogen and oxygen atoms in total. The van der Waals surface area contributed by atoms with Gasteiger partial charge in [-0.15, -0.1) is 0 Å². The summed E-state index contributed by atoms with van der Waals surface area (Å²) < 4.78 is 35.3. The highest BCUT2D eigenvalue weighted by Gasteiger charge is 2.31. The van der Waals surface area contributed by atoms with Gasteiger partial charge in [-0.2, -0.15) is 0 Å². The van der Waals surface area contributed by atoms with Crippen LogP contribution in [0.3, 0.4) is 0 Å². The minimum absolute atomic E-state index is 0.137. The summed E-state index contributed by atoms with van der Waals surface area (Å²) >= 11 is 0. The number of aromatic nitrogens is 2. The molecule has 9 heteroatoms. The molecule has 35 heavy (non-hydrogen) atoms. The number of benzene rings is 2. The highest BCUT2D eigenvalue weighted by molar-refractivity contribution is 5.98. The second-order valence-corrected chi connectivity index (χ2v) is 8.50. The summed E-state index contributed by atoms with van der Waals surface area (Å²) in [6, 6.07) is 8.43. The van der Waals surface area contributed by atoms with E-state index in [4.69, 9.17) is 15.5 Å². The van der Waals surface area contributed by atoms with Crippen molar-refractivity contribution in [3.8, 4) is 11.4 Å². The molecule has 0 spiro atoms. The zero-order valence-electron chi connectivity index (χ0n) is 19.7. The molecule has 1 aliphatic rings. The number of hydrogen-bond donors (Lipinski definition) is 1. The summed E-state index contributed by atoms with van der Waals surface area (Å²) in [7, 11) is 1.59. The van der Waals surface area contributed by atoms with Crippen LogP contribution in [0, 0.1) is 18.6 Å². The number of piperidine rings is 1. The Kier molecular flexibility index (Phi) is 7.57. The van der Waals surface area contributed by atoms with E-state index < -0.39 is 17.7 Å². The number of methoxy groups -OCH3 is 1. The zero-order valence-corrected chi connectivity index (χ0v) is 19.7. The number of carbonyl (C=O) groups excluding carboxylic acids is 1. The summed E-state index contributed by atoms with van der Waals surface area (Å²) in [5.74, 6) is 4.28. The Morgan fingerprint density at radius 2 is 1.97 bits per heavy atom. The molecule has 4 rings (SSSR count). The number of imidazole rings is 1. The molecule has 0 radical (unpaired) electrons. The Bertz CT molecular complexity index is 1220. The van der Waals surface area contributed by atoms with Crippen LogP contribution in [0.15, 0.2) is 54.5 Å². The third-order valence-corrected chi connectivity index (χ3v) is 6.07. The van der Waals surface area contributed by atoms with E-state index in [0.717, 1.165) is 29.4 Å². The molecule has 1 atom stereocenters. The molecule has 1 amide bonds. The van der Waals surface area contributed by atoms with E-state index in [-0.39, 0.29) is 12.5 Å². The van der Waals surface area contributed by atoms with E-state index in [2.05, 4.69) is 4.98 Å². The quantitative estimate of drug-likeness (QED) is 0.378. The van der Waals surface area contributed by atoms with Gasteiger partial charge in [-0.3, -0.25) is 4.79 Å². The van der Waals surface area contributed by atoms with Crippen LogP contribution in [-0.2, 0) is 9.63 Å². The Labute approximate surface area is 202 Å². The first-order valence-electron chi connectivity index (χ1n) is 11.4. The van der Waals surface area contributed by atoms with Crippen LogP contribution < -0.4 is 10.6 Å². The highest BCUT2D eigenvalue weighted by atomic mass is 19.1. The van der Waals surface area contributed by atoms with Gasteiger partial charge >= 0.3 is 0 Å². The lowest BCUT2D eigenvalue weighted by Crippen LogP contribution is -2.40. The van der Waals surface area contributed by atoms with Gasteiger partial charge in [-0.05, 0) is 67.7 Å². The number of aryl methyl sites for hydroxylation is 1. The van der Waals surface area contributed by atoms with Crippen LogP contribution in [0.1, 0.15) is 42.1 Å². The SMILES string of the molecule is COc1cc(C=C2CCCN(C(CCON)c3cc(F)cc(F)c3)C2=O)ccc1-n1cnc(C)c1. The Morgan fingerprint density at radius 3 is 2.63 bits per heavy atom. The van der Waals surface area contributed by atoms with E-state index in [1.807, 2.05) is 42.0 Å². The Hall–Kier alpha value is -3.56. The molecule has 1 unspecified atom stereocenters. The van der Waals surface area contributed by atoms with E-state index in [0.29, 0.717) is 36.3 Å². The fourth-order valence-corrected chi connectivity index (χ4v) is 4.47. The minimum Gasteiger partial charge on any atom is -0.495 e. The van der Waals surface area contributed by atoms with Crippen molar-refractivity contribution in [1.29, 1.82) is 0 Å². The van der Waals surface area contributed by atoms with E-state index in [1.54, 1.807) is 18.3 Å². The van der Waals surface area contributed by atoms with Gasteiger partial charge in [0.2, 0.25) is 5.91 Å². The zero-order chi connectivity index (χ0) is 24.9. The molecular weight excluding hydrogens is 454 g/mol. The van der Waals surface area contributed by atoms with E-state index in [1.165, 1.54) is 12.1 Å². The molecule has 0 aliphatic carbocycles. The van der Waals surface area contributed by atoms with Gasteiger partial charge in [-0.1, -0.05) is 6.07 Å². The molecule has 3 aromatic rings. The summed E-state index contributed by atoms with van der Waals surface area (Å²) in [6.07, 6.45) is 7.08. The number of nitrogens with two attached hydrogens (primary N) is 1. The second-order valence-electron chi connectivity index (χ2n) is 8.50. The van der Waals surface area contributed by atoms with Crippen molar-refractivity contribution in [1.82, 2.24) is 14.5 Å². The highest BCUT2D eigenvalue weighted by Crippen LogP contribution is 2.33. The second kappa shape index (κ2) is 10.8. The van der Waals surface area contributed by atoms with Gasteiger partial charge < -0.3 is 19.0 Å². The molecule has 184 valence electrons. The van der Waals surface area contributed by atoms with Crippen molar-refractivity contribution in [2.45, 2.75) is 32.2 Å². The largest absolute Gasteiger partial charge is 0.495 e. The van der Waals surface area contributed by atoms with Crippen LogP contribution in [0.4, 0.5) is 8.78 Å². The van der Waals surface area contributed by atoms with E-state index in [9.17, 15) is 13.6 Å². The third-order valence-electron chi connectivity index (χ3n) is 6.07. The molecule has 1 saturated heterocycles. The number of hydrogen-bond acceptors (Lipinski definition) is 5. The predicted molar refractivity (Wildman–Crippen MR) is 128 cm³/mol. The molecule has 2 heterocycles. The van der Waals surface area contributed by atoms with Crippen LogP contribution in [0.2, 0.25) is 0 Å². The fraction of sp³-hybridized carbons (Fsp3) is 0.308. The Balaban J connectivity index is 1.63. The molecule has 1 fully saturated rings. The van der Waals surface area contributed by atoms with Crippen molar-refractivity contribution in [2.75, 3.05) is 20.3 Å². The summed E-state index contributed by atoms with van der Waals surface area (Å²) in [5, 5.41) is 0. The lowest BCUT2D eigenvalue weighted by Gasteiger charge is -2.36. The maximum Gasteiger partial charge on any atom is 0.250 e. The van der Waals surface area contributed by atoms with E-state index >= 15 is 0 Å². The van der Waals surface area contributed by atoms with Gasteiger partial charge in [0.25, 0.3) is 0 Å². The van der Waals surface area contributed by atoms with Crippen LogP contribution >= 0.6 is 0 Å². The number of halogens is 2. The maximum atomic E-state index is 13.9. The van der Waals surface area contributed by atoms with Gasteiger partial charge in [-0.25, -0.2) is 19.7 Å². The number of carbonyl (C=O) groups is 1. The first-order valence-corrected chi connectivity index (χ1v) is 11.4. The summed E-state index contributed by atoms with van der Waals surface area (Å²) in [5.41, 5.74) is 3.52. The molecule has 1 aliphatic heterocycles. The third kappa shape index (κ3) is 5.58. The minimum atomic E-state index is -0.695. The number of ether oxygens (including phenoxy) is 1. The lowest BCUT2D eigenvalue weighted by molar-refractivity contribution is -0.131. The van der Waals surface area contributed by atoms with Crippen LogP contribution in [0.5, 0.6) is 5.75 Å². The first-order chi connectivity index (χ1) is 16.9. The van der Waals surface area contributed by atoms with Gasteiger partial charge in [0.15, 0.2) is 0 Å². The smallest absolute Gasteiger partial charge is 0.250 e. The number of rotatable bonds is 8. The summed E-state index contributed by atoms with van der Waals surface area (Å²) in [6.45, 7) is 2.51. The Morgan fingerprint density at radius 1 is 1.20 bits per heavy atom. The molecule has 0 bridgehead atoms. The number of amides is 1. The molecule has 1 aromatic heterocycles. The topological polar surface area (TPSA) is 82.6 Å². The molecule has 2 N–H and O–H groups in total. The maximum absolute atomic E-state index is 13.9. The predicted octanol–water partition coefficient (Wildman–Crippen LogP) is 4.50. The average molecular weight is 483 g/mol. The van der Waals surface area contributed by atoms with Gasteiger partial charge in [0, 0.05) is 24.4 Å². The van der Waals surface area contributed by atoms with Gasteiger partial charge in [0.05, 0.1) is 37.5 Å². The van der Waals surface area contributed by atoms with Crippen LogP contribution in [-0.4, -0.2) is 40.6 Å². The number of nitrogens with zero attached hydrogens (tertiary/aromatic N) is 3. The normalized spacial score (nSPS) is 16.1. The van der Waals surface area contributed by atoms with Crippen molar-refractivity contribution in [3.63, 3.8) is 0 Å². The molecular formula is C26H28F2N4O3. The van der Waals surface area contributed by atoms with Crippen molar-refractivity contribution < 1.29 is 23.1 Å². The summed E-state index contributed by atoms with van der Waals surface area (Å²) in [4.78, 5) is 24.1. The van der Waals surface area contributed by atoms with Gasteiger partial charge in [0.1, 0.15) is 17.4 Å². The monoisotopic (exact) mass is 482 g/mol. The molecule has 2 aromatic carbocycles.